The number of hydrogen-bond donors (Lipinski definition) is 2. The Kier molecular flexibility index (Phi) is 6.93. The van der Waals surface area contributed by atoms with Crippen molar-refractivity contribution >= 4 is 39.5 Å². The molecule has 2 N–H and O–H groups in total. The highest BCUT2D eigenvalue weighted by Gasteiger charge is 2.51. The molecule has 0 aliphatic heterocycles. The predicted molar refractivity (Wildman–Crippen MR) is 97.6 cm³/mol. The highest BCUT2D eigenvalue weighted by atomic mass is 79.9. The van der Waals surface area contributed by atoms with Crippen LogP contribution in [0.2, 0.25) is 0 Å². The molecule has 0 spiro atoms. The summed E-state index contributed by atoms with van der Waals surface area (Å²) in [6.45, 7) is 0.644. The molecule has 0 atom stereocenters. The minimum Gasteiger partial charge on any atom is -0.376 e. The molecular weight excluding hydrogens is 485 g/mol. The molecule has 2 rings (SSSR count). The Balaban J connectivity index is 1.97. The van der Waals surface area contributed by atoms with E-state index in [1.54, 1.807) is 0 Å². The Morgan fingerprint density at radius 2 is 1.76 bits per heavy atom. The standard InChI is InChI=1S/C16H15Br2F2O4P/c17-14-4-2-1-3-12(14)7-8-24-10-11-5-6-13(15(18)9-11)16(19,20)25(21,22)23/h1-6,9H,7-8,10H2,(H2,21,22,23). The van der Waals surface area contributed by atoms with E-state index in [1.165, 1.54) is 12.1 Å². The van der Waals surface area contributed by atoms with Crippen molar-refractivity contribution in [2.45, 2.75) is 18.7 Å². The van der Waals surface area contributed by atoms with Crippen LogP contribution in [0.4, 0.5) is 8.78 Å². The Morgan fingerprint density at radius 1 is 1.08 bits per heavy atom. The molecule has 0 saturated carbocycles. The molecule has 0 aliphatic rings. The monoisotopic (exact) mass is 498 g/mol. The molecule has 0 radical (unpaired) electrons. The summed E-state index contributed by atoms with van der Waals surface area (Å²) in [4.78, 5) is 17.6. The van der Waals surface area contributed by atoms with Gasteiger partial charge in [0.15, 0.2) is 0 Å². The Morgan fingerprint density at radius 3 is 2.36 bits per heavy atom. The Bertz CT molecular complexity index is 795. The van der Waals surface area contributed by atoms with E-state index in [9.17, 15) is 13.3 Å². The molecule has 0 aliphatic carbocycles. The molecule has 2 aromatic carbocycles. The highest BCUT2D eigenvalue weighted by molar-refractivity contribution is 9.10. The molecule has 0 fully saturated rings. The van der Waals surface area contributed by atoms with Gasteiger partial charge in [0.05, 0.1) is 13.2 Å². The summed E-state index contributed by atoms with van der Waals surface area (Å²) in [6, 6.07) is 11.5. The number of ether oxygens (including phenoxy) is 1. The van der Waals surface area contributed by atoms with Crippen molar-refractivity contribution in [2.75, 3.05) is 6.61 Å². The van der Waals surface area contributed by atoms with E-state index in [0.717, 1.165) is 16.1 Å². The zero-order valence-corrected chi connectivity index (χ0v) is 16.9. The first-order valence-corrected chi connectivity index (χ1v) is 10.4. The number of alkyl halides is 2. The molecule has 0 heterocycles. The lowest BCUT2D eigenvalue weighted by Crippen LogP contribution is -2.14. The highest BCUT2D eigenvalue weighted by Crippen LogP contribution is 2.60. The lowest BCUT2D eigenvalue weighted by Gasteiger charge is -2.19. The van der Waals surface area contributed by atoms with E-state index < -0.39 is 18.8 Å². The maximum Gasteiger partial charge on any atom is 0.399 e. The van der Waals surface area contributed by atoms with Gasteiger partial charge in [-0.1, -0.05) is 62.2 Å². The lowest BCUT2D eigenvalue weighted by atomic mass is 10.1. The normalized spacial score (nSPS) is 12.4. The van der Waals surface area contributed by atoms with Gasteiger partial charge >= 0.3 is 13.3 Å². The van der Waals surface area contributed by atoms with Crippen molar-refractivity contribution in [3.63, 3.8) is 0 Å². The van der Waals surface area contributed by atoms with Crippen molar-refractivity contribution in [3.05, 3.63) is 68.1 Å². The van der Waals surface area contributed by atoms with Gasteiger partial charge in [0.1, 0.15) is 0 Å². The summed E-state index contributed by atoms with van der Waals surface area (Å²) < 4.78 is 44.9. The summed E-state index contributed by atoms with van der Waals surface area (Å²) in [7, 11) is -5.60. The number of rotatable bonds is 7. The summed E-state index contributed by atoms with van der Waals surface area (Å²) in [6.07, 6.45) is 0.691. The van der Waals surface area contributed by atoms with Crippen LogP contribution < -0.4 is 0 Å². The van der Waals surface area contributed by atoms with Crippen molar-refractivity contribution in [2.24, 2.45) is 0 Å². The first-order valence-electron chi connectivity index (χ1n) is 7.16. The van der Waals surface area contributed by atoms with Crippen molar-refractivity contribution in [1.82, 2.24) is 0 Å². The van der Waals surface area contributed by atoms with Crippen LogP contribution >= 0.6 is 39.5 Å². The zero-order chi connectivity index (χ0) is 18.7. The third-order valence-corrected chi connectivity index (χ3v) is 5.87. The second kappa shape index (κ2) is 8.37. The number of benzene rings is 2. The molecular formula is C16H15Br2F2O4P. The van der Waals surface area contributed by atoms with Crippen molar-refractivity contribution in [3.8, 4) is 0 Å². The Labute approximate surface area is 160 Å². The molecule has 9 heteroatoms. The van der Waals surface area contributed by atoms with E-state index in [4.69, 9.17) is 14.5 Å². The fourth-order valence-electron chi connectivity index (χ4n) is 2.12. The minimum atomic E-state index is -5.60. The van der Waals surface area contributed by atoms with Crippen LogP contribution in [0.1, 0.15) is 16.7 Å². The molecule has 4 nitrogen and oxygen atoms in total. The van der Waals surface area contributed by atoms with Gasteiger partial charge in [0.25, 0.3) is 0 Å². The molecule has 25 heavy (non-hydrogen) atoms. The van der Waals surface area contributed by atoms with Gasteiger partial charge in [-0.3, -0.25) is 4.57 Å². The SMILES string of the molecule is O=P(O)(O)C(F)(F)c1ccc(COCCc2ccccc2Br)cc1Br. The first-order chi connectivity index (χ1) is 11.6. The van der Waals surface area contributed by atoms with Crippen LogP contribution in [-0.4, -0.2) is 16.4 Å². The molecule has 0 saturated heterocycles. The molecule has 2 aromatic rings. The van der Waals surface area contributed by atoms with Crippen LogP contribution in [0, 0.1) is 0 Å². The Hall–Kier alpha value is -0.630. The second-order valence-electron chi connectivity index (χ2n) is 5.29. The molecule has 0 aromatic heterocycles. The number of halogens is 4. The average molecular weight is 500 g/mol. The van der Waals surface area contributed by atoms with E-state index in [0.29, 0.717) is 18.6 Å². The summed E-state index contributed by atoms with van der Waals surface area (Å²) in [5, 5.41) is 0. The van der Waals surface area contributed by atoms with E-state index in [1.807, 2.05) is 24.3 Å². The van der Waals surface area contributed by atoms with Gasteiger partial charge in [-0.15, -0.1) is 0 Å². The maximum atomic E-state index is 13.8. The molecule has 136 valence electrons. The summed E-state index contributed by atoms with van der Waals surface area (Å²) >= 11 is 6.39. The predicted octanol–water partition coefficient (Wildman–Crippen LogP) is 5.20. The largest absolute Gasteiger partial charge is 0.399 e. The van der Waals surface area contributed by atoms with Crippen molar-refractivity contribution in [1.29, 1.82) is 0 Å². The van der Waals surface area contributed by atoms with Gasteiger partial charge < -0.3 is 14.5 Å². The zero-order valence-electron chi connectivity index (χ0n) is 12.8. The van der Waals surface area contributed by atoms with Gasteiger partial charge in [-0.2, -0.15) is 8.78 Å². The molecule has 0 amide bonds. The average Bonchev–Trinajstić information content (AvgIpc) is 2.52. The fraction of sp³-hybridized carbons (Fsp3) is 0.250. The van der Waals surface area contributed by atoms with Crippen LogP contribution in [-0.2, 0) is 28.0 Å². The number of hydrogen-bond acceptors (Lipinski definition) is 2. The third kappa shape index (κ3) is 5.18. The molecule has 0 unspecified atom stereocenters. The van der Waals surface area contributed by atoms with Gasteiger partial charge in [0.2, 0.25) is 0 Å². The van der Waals surface area contributed by atoms with E-state index in [2.05, 4.69) is 31.9 Å². The summed E-state index contributed by atoms with van der Waals surface area (Å²) in [5.74, 6) is 0. The van der Waals surface area contributed by atoms with Gasteiger partial charge in [-0.05, 0) is 29.7 Å². The topological polar surface area (TPSA) is 66.8 Å². The molecule has 0 bridgehead atoms. The third-order valence-electron chi connectivity index (χ3n) is 3.47. The lowest BCUT2D eigenvalue weighted by molar-refractivity contribution is 0.0556. The minimum absolute atomic E-state index is 0.0762. The second-order valence-corrected chi connectivity index (χ2v) is 8.65. The van der Waals surface area contributed by atoms with E-state index in [-0.39, 0.29) is 11.1 Å². The van der Waals surface area contributed by atoms with Crippen LogP contribution in [0.25, 0.3) is 0 Å². The fourth-order valence-corrected chi connectivity index (χ4v) is 3.94. The van der Waals surface area contributed by atoms with Crippen molar-refractivity contribution < 1.29 is 27.9 Å². The van der Waals surface area contributed by atoms with Crippen LogP contribution in [0.5, 0.6) is 0 Å². The van der Waals surface area contributed by atoms with Crippen LogP contribution in [0.15, 0.2) is 51.4 Å². The quantitative estimate of drug-likeness (QED) is 0.406. The van der Waals surface area contributed by atoms with Crippen LogP contribution in [0.3, 0.4) is 0 Å². The maximum absolute atomic E-state index is 13.8. The van der Waals surface area contributed by atoms with Gasteiger partial charge in [0, 0.05) is 14.5 Å². The summed E-state index contributed by atoms with van der Waals surface area (Å²) in [5.41, 5.74) is -3.28. The van der Waals surface area contributed by atoms with E-state index >= 15 is 0 Å². The smallest absolute Gasteiger partial charge is 0.376 e. The first kappa shape index (κ1) is 20.7. The van der Waals surface area contributed by atoms with Gasteiger partial charge in [-0.25, -0.2) is 0 Å².